The molecule has 0 fully saturated rings. The first-order chi connectivity index (χ1) is 9.40. The van der Waals surface area contributed by atoms with Crippen LogP contribution in [0, 0.1) is 0 Å². The van der Waals surface area contributed by atoms with Crippen LogP contribution in [0.4, 0.5) is 0 Å². The van der Waals surface area contributed by atoms with Gasteiger partial charge >= 0.3 is 5.97 Å². The summed E-state index contributed by atoms with van der Waals surface area (Å²) in [4.78, 5) is 16.6. The van der Waals surface area contributed by atoms with E-state index >= 15 is 0 Å². The van der Waals surface area contributed by atoms with Crippen molar-refractivity contribution in [2.24, 2.45) is 0 Å². The summed E-state index contributed by atoms with van der Waals surface area (Å²) in [5.41, 5.74) is -0.529. The number of ether oxygens (including phenoxy) is 1. The van der Waals surface area contributed by atoms with Crippen LogP contribution >= 0.6 is 11.3 Å². The van der Waals surface area contributed by atoms with Gasteiger partial charge in [0.25, 0.3) is 0 Å². The van der Waals surface area contributed by atoms with E-state index in [-0.39, 0.29) is 16.8 Å². The number of nitrogens with zero attached hydrogens (tertiary/aromatic N) is 1. The monoisotopic (exact) mass is 332 g/mol. The molecule has 21 heavy (non-hydrogen) atoms. The van der Waals surface area contributed by atoms with Gasteiger partial charge < -0.3 is 4.74 Å². The predicted octanol–water partition coefficient (Wildman–Crippen LogP) is 3.21. The molecule has 0 spiro atoms. The SMILES string of the molecule is CC(NS(=O)C(C)(C)C)c1ncc(C(=O)OC(C)(C)C)s1. The van der Waals surface area contributed by atoms with Gasteiger partial charge in [-0.1, -0.05) is 0 Å². The minimum Gasteiger partial charge on any atom is -0.456 e. The van der Waals surface area contributed by atoms with Crippen molar-refractivity contribution in [2.75, 3.05) is 0 Å². The first-order valence-electron chi connectivity index (χ1n) is 6.77. The zero-order chi connectivity index (χ0) is 16.4. The third kappa shape index (κ3) is 5.84. The first kappa shape index (κ1) is 18.3. The summed E-state index contributed by atoms with van der Waals surface area (Å²) < 4.78 is 20.0. The predicted molar refractivity (Wildman–Crippen MR) is 86.7 cm³/mol. The van der Waals surface area contributed by atoms with Crippen molar-refractivity contribution < 1.29 is 13.7 Å². The van der Waals surface area contributed by atoms with Crippen LogP contribution in [0.2, 0.25) is 0 Å². The van der Waals surface area contributed by atoms with Crippen molar-refractivity contribution in [3.8, 4) is 0 Å². The van der Waals surface area contributed by atoms with E-state index in [4.69, 9.17) is 4.74 Å². The number of hydrogen-bond acceptors (Lipinski definition) is 5. The van der Waals surface area contributed by atoms with Gasteiger partial charge in [0, 0.05) is 0 Å². The molecule has 0 aliphatic heterocycles. The van der Waals surface area contributed by atoms with Crippen LogP contribution in [0.15, 0.2) is 6.20 Å². The zero-order valence-corrected chi connectivity index (χ0v) is 15.3. The third-order valence-corrected chi connectivity index (χ3v) is 5.17. The fourth-order valence-electron chi connectivity index (χ4n) is 1.30. The Labute approximate surface area is 133 Å². The van der Waals surface area contributed by atoms with Gasteiger partial charge in [0.15, 0.2) is 0 Å². The topological polar surface area (TPSA) is 68.3 Å². The number of carbonyl (C=O) groups excluding carboxylic acids is 1. The van der Waals surface area contributed by atoms with Gasteiger partial charge in [-0.2, -0.15) is 0 Å². The van der Waals surface area contributed by atoms with Gasteiger partial charge in [-0.25, -0.2) is 18.7 Å². The van der Waals surface area contributed by atoms with E-state index in [2.05, 4.69) is 9.71 Å². The van der Waals surface area contributed by atoms with Crippen molar-refractivity contribution in [1.29, 1.82) is 0 Å². The van der Waals surface area contributed by atoms with Crippen LogP contribution in [0.3, 0.4) is 0 Å². The van der Waals surface area contributed by atoms with Crippen molar-refractivity contribution in [2.45, 2.75) is 64.9 Å². The molecule has 1 aromatic rings. The van der Waals surface area contributed by atoms with Crippen molar-refractivity contribution in [3.63, 3.8) is 0 Å². The lowest BCUT2D eigenvalue weighted by Crippen LogP contribution is -2.34. The van der Waals surface area contributed by atoms with E-state index in [9.17, 15) is 9.00 Å². The Kier molecular flexibility index (Phi) is 5.69. The zero-order valence-electron chi connectivity index (χ0n) is 13.6. The van der Waals surface area contributed by atoms with Crippen LogP contribution in [-0.2, 0) is 15.7 Å². The number of carbonyl (C=O) groups is 1. The molecular weight excluding hydrogens is 308 g/mol. The molecule has 0 bridgehead atoms. The Bertz CT molecular complexity index is 527. The summed E-state index contributed by atoms with van der Waals surface area (Å²) >= 11 is 1.26. The first-order valence-corrected chi connectivity index (χ1v) is 8.74. The van der Waals surface area contributed by atoms with Crippen LogP contribution < -0.4 is 4.72 Å². The molecule has 0 saturated heterocycles. The van der Waals surface area contributed by atoms with Gasteiger partial charge in [-0.3, -0.25) is 0 Å². The Hall–Kier alpha value is -0.790. The van der Waals surface area contributed by atoms with E-state index in [0.717, 1.165) is 0 Å². The highest BCUT2D eigenvalue weighted by atomic mass is 32.2. The molecule has 2 atom stereocenters. The molecule has 0 saturated carbocycles. The maximum atomic E-state index is 12.1. The number of esters is 1. The second kappa shape index (κ2) is 6.54. The molecule has 1 heterocycles. The molecule has 120 valence electrons. The van der Waals surface area contributed by atoms with Crippen LogP contribution in [-0.4, -0.2) is 25.5 Å². The lowest BCUT2D eigenvalue weighted by Gasteiger charge is -2.20. The van der Waals surface area contributed by atoms with Gasteiger partial charge in [0.05, 0.1) is 28.0 Å². The van der Waals surface area contributed by atoms with E-state index in [1.54, 1.807) is 0 Å². The number of nitrogens with one attached hydrogen (secondary N) is 1. The average molecular weight is 332 g/mol. The molecule has 1 aromatic heterocycles. The second-order valence-electron chi connectivity index (χ2n) is 6.79. The maximum Gasteiger partial charge on any atom is 0.350 e. The highest BCUT2D eigenvalue weighted by molar-refractivity contribution is 7.84. The average Bonchev–Trinajstić information content (AvgIpc) is 2.74. The third-order valence-electron chi connectivity index (χ3n) is 2.33. The minimum atomic E-state index is -1.18. The maximum absolute atomic E-state index is 12.1. The summed E-state index contributed by atoms with van der Waals surface area (Å²) in [5, 5.41) is 0.716. The van der Waals surface area contributed by atoms with Gasteiger partial charge in [0.2, 0.25) is 0 Å². The molecule has 0 amide bonds. The Balaban J connectivity index is 2.75. The number of rotatable bonds is 4. The minimum absolute atomic E-state index is 0.189. The summed E-state index contributed by atoms with van der Waals surface area (Å²) in [6, 6.07) is -0.189. The summed E-state index contributed by atoms with van der Waals surface area (Å²) in [6.07, 6.45) is 1.51. The summed E-state index contributed by atoms with van der Waals surface area (Å²) in [7, 11) is -1.18. The van der Waals surface area contributed by atoms with Gasteiger partial charge in [-0.05, 0) is 48.5 Å². The van der Waals surface area contributed by atoms with Crippen molar-refractivity contribution >= 4 is 28.3 Å². The molecule has 1 rings (SSSR count). The fraction of sp³-hybridized carbons (Fsp3) is 0.714. The molecule has 1 N–H and O–H groups in total. The second-order valence-corrected chi connectivity index (χ2v) is 9.85. The van der Waals surface area contributed by atoms with Crippen LogP contribution in [0.25, 0.3) is 0 Å². The molecule has 5 nitrogen and oxygen atoms in total. The Morgan fingerprint density at radius 2 is 1.90 bits per heavy atom. The summed E-state index contributed by atoms with van der Waals surface area (Å²) in [5.74, 6) is -0.379. The van der Waals surface area contributed by atoms with Gasteiger partial charge in [0.1, 0.15) is 15.5 Å². The fourth-order valence-corrected chi connectivity index (χ4v) is 2.96. The molecule has 7 heteroatoms. The summed E-state index contributed by atoms with van der Waals surface area (Å²) in [6.45, 7) is 13.0. The quantitative estimate of drug-likeness (QED) is 0.860. The molecule has 2 unspecified atom stereocenters. The molecule has 0 aliphatic carbocycles. The van der Waals surface area contributed by atoms with E-state index < -0.39 is 16.6 Å². The Morgan fingerprint density at radius 1 is 1.33 bits per heavy atom. The van der Waals surface area contributed by atoms with Gasteiger partial charge in [-0.15, -0.1) is 11.3 Å². The molecular formula is C14H24N2O3S2. The largest absolute Gasteiger partial charge is 0.456 e. The Morgan fingerprint density at radius 3 is 2.38 bits per heavy atom. The lowest BCUT2D eigenvalue weighted by atomic mass is 10.2. The number of aromatic nitrogens is 1. The molecule has 0 radical (unpaired) electrons. The molecule has 0 aromatic carbocycles. The van der Waals surface area contributed by atoms with E-state index in [1.165, 1.54) is 17.5 Å². The highest BCUT2D eigenvalue weighted by Crippen LogP contribution is 2.23. The van der Waals surface area contributed by atoms with E-state index in [1.807, 2.05) is 48.5 Å². The number of thiazole rings is 1. The standard InChI is InChI=1S/C14H24N2O3S2/c1-9(16-21(18)14(5,6)7)11-15-8-10(20-11)12(17)19-13(2,3)4/h8-9,16H,1-7H3. The highest BCUT2D eigenvalue weighted by Gasteiger charge is 2.24. The van der Waals surface area contributed by atoms with Crippen molar-refractivity contribution in [3.05, 3.63) is 16.1 Å². The molecule has 0 aliphatic rings. The van der Waals surface area contributed by atoms with Crippen molar-refractivity contribution in [1.82, 2.24) is 9.71 Å². The van der Waals surface area contributed by atoms with Crippen LogP contribution in [0.5, 0.6) is 0 Å². The lowest BCUT2D eigenvalue weighted by molar-refractivity contribution is 0.00749. The van der Waals surface area contributed by atoms with Crippen LogP contribution in [0.1, 0.15) is 69.2 Å². The smallest absolute Gasteiger partial charge is 0.350 e. The normalized spacial score (nSPS) is 15.6. The van der Waals surface area contributed by atoms with E-state index in [0.29, 0.717) is 9.88 Å². The number of hydrogen-bond donors (Lipinski definition) is 1.